The van der Waals surface area contributed by atoms with Crippen LogP contribution in [0.3, 0.4) is 0 Å². The van der Waals surface area contributed by atoms with Crippen molar-refractivity contribution in [3.05, 3.63) is 100 Å². The van der Waals surface area contributed by atoms with Crippen LogP contribution in [-0.2, 0) is 9.59 Å². The highest BCUT2D eigenvalue weighted by Gasteiger charge is 2.15. The lowest BCUT2D eigenvalue weighted by Crippen LogP contribution is -2.32. The number of halogens is 3. The third-order valence-electron chi connectivity index (χ3n) is 4.63. The minimum absolute atomic E-state index is 0.238. The Morgan fingerprint density at radius 3 is 2.38 bits per heavy atom. The van der Waals surface area contributed by atoms with E-state index in [0.717, 1.165) is 5.69 Å². The van der Waals surface area contributed by atoms with Crippen LogP contribution in [0.1, 0.15) is 5.56 Å². The standard InChI is InChI=1S/C24H16Cl2FN5O2/c25-20-11-10-18(12-21(20)26)29-23(33)24(34)30-28-13-16-14-32(19-4-2-1-3-5-19)31-22(16)15-6-8-17(27)9-7-15/h1-14H,(H,29,33)(H,30,34)/b28-13-. The molecule has 170 valence electrons. The van der Waals surface area contributed by atoms with Crippen LogP contribution in [-0.4, -0.2) is 27.8 Å². The van der Waals surface area contributed by atoms with Gasteiger partial charge in [-0.1, -0.05) is 41.4 Å². The van der Waals surface area contributed by atoms with E-state index in [1.165, 1.54) is 36.5 Å². The minimum Gasteiger partial charge on any atom is -0.318 e. The van der Waals surface area contributed by atoms with Crippen molar-refractivity contribution in [3.63, 3.8) is 0 Å². The molecule has 7 nitrogen and oxygen atoms in total. The van der Waals surface area contributed by atoms with Gasteiger partial charge in [-0.25, -0.2) is 14.5 Å². The number of benzene rings is 3. The minimum atomic E-state index is -0.985. The van der Waals surface area contributed by atoms with E-state index in [0.29, 0.717) is 27.5 Å². The van der Waals surface area contributed by atoms with E-state index in [-0.39, 0.29) is 10.8 Å². The fourth-order valence-corrected chi connectivity index (χ4v) is 3.30. The van der Waals surface area contributed by atoms with Gasteiger partial charge in [0.05, 0.1) is 21.9 Å². The van der Waals surface area contributed by atoms with Crippen LogP contribution < -0.4 is 10.7 Å². The number of para-hydroxylation sites is 1. The first kappa shape index (κ1) is 23.2. The van der Waals surface area contributed by atoms with Gasteiger partial charge in [-0.3, -0.25) is 9.59 Å². The summed E-state index contributed by atoms with van der Waals surface area (Å²) in [6, 6.07) is 19.6. The molecule has 0 aliphatic carbocycles. The van der Waals surface area contributed by atoms with E-state index < -0.39 is 11.8 Å². The Hall–Kier alpha value is -4.01. The van der Waals surface area contributed by atoms with Crippen LogP contribution in [0.5, 0.6) is 0 Å². The maximum Gasteiger partial charge on any atom is 0.329 e. The number of carbonyl (C=O) groups is 2. The highest BCUT2D eigenvalue weighted by Crippen LogP contribution is 2.25. The number of hydrogen-bond acceptors (Lipinski definition) is 4. The van der Waals surface area contributed by atoms with Crippen molar-refractivity contribution >= 4 is 46.9 Å². The topological polar surface area (TPSA) is 88.4 Å². The fraction of sp³-hybridized carbons (Fsp3) is 0. The molecule has 0 radical (unpaired) electrons. The molecule has 34 heavy (non-hydrogen) atoms. The van der Waals surface area contributed by atoms with Crippen molar-refractivity contribution in [2.45, 2.75) is 0 Å². The SMILES string of the molecule is O=C(N/N=C\c1cn(-c2ccccc2)nc1-c1ccc(F)cc1)C(=O)Nc1ccc(Cl)c(Cl)c1. The average Bonchev–Trinajstić information content (AvgIpc) is 3.26. The summed E-state index contributed by atoms with van der Waals surface area (Å²) in [5, 5.41) is 11.4. The van der Waals surface area contributed by atoms with E-state index in [2.05, 4.69) is 20.9 Å². The number of amides is 2. The lowest BCUT2D eigenvalue weighted by Gasteiger charge is -2.05. The molecule has 0 bridgehead atoms. The zero-order valence-electron chi connectivity index (χ0n) is 17.4. The summed E-state index contributed by atoms with van der Waals surface area (Å²) in [4.78, 5) is 24.3. The van der Waals surface area contributed by atoms with Crippen LogP contribution in [0, 0.1) is 5.82 Å². The Kier molecular flexibility index (Phi) is 7.01. The van der Waals surface area contributed by atoms with E-state index in [1.807, 2.05) is 30.3 Å². The van der Waals surface area contributed by atoms with Crippen molar-refractivity contribution in [2.24, 2.45) is 5.10 Å². The van der Waals surface area contributed by atoms with Crippen LogP contribution in [0.15, 0.2) is 84.1 Å². The van der Waals surface area contributed by atoms with Crippen molar-refractivity contribution in [3.8, 4) is 16.9 Å². The normalized spacial score (nSPS) is 10.9. The first-order valence-electron chi connectivity index (χ1n) is 9.91. The third-order valence-corrected chi connectivity index (χ3v) is 5.37. The molecule has 2 N–H and O–H groups in total. The number of carbonyl (C=O) groups excluding carboxylic acids is 2. The van der Waals surface area contributed by atoms with Gasteiger partial charge in [0.2, 0.25) is 0 Å². The number of hydrogen-bond donors (Lipinski definition) is 2. The van der Waals surface area contributed by atoms with E-state index in [9.17, 15) is 14.0 Å². The molecule has 0 saturated carbocycles. The number of nitrogens with one attached hydrogen (secondary N) is 2. The van der Waals surface area contributed by atoms with E-state index in [1.54, 1.807) is 23.0 Å². The van der Waals surface area contributed by atoms with E-state index >= 15 is 0 Å². The number of rotatable bonds is 5. The Balaban J connectivity index is 1.52. The lowest BCUT2D eigenvalue weighted by atomic mass is 10.1. The van der Waals surface area contributed by atoms with Gasteiger partial charge in [0, 0.05) is 23.0 Å². The van der Waals surface area contributed by atoms with Crippen LogP contribution in [0.2, 0.25) is 10.0 Å². The maximum absolute atomic E-state index is 13.4. The predicted octanol–water partition coefficient (Wildman–Crippen LogP) is 5.07. The van der Waals surface area contributed by atoms with Crippen molar-refractivity contribution in [2.75, 3.05) is 5.32 Å². The summed E-state index contributed by atoms with van der Waals surface area (Å²) in [5.74, 6) is -2.29. The van der Waals surface area contributed by atoms with Gasteiger partial charge in [0.15, 0.2) is 0 Å². The van der Waals surface area contributed by atoms with Crippen molar-refractivity contribution in [1.82, 2.24) is 15.2 Å². The van der Waals surface area contributed by atoms with Crippen LogP contribution in [0.25, 0.3) is 16.9 Å². The second kappa shape index (κ2) is 10.3. The molecule has 4 rings (SSSR count). The summed E-state index contributed by atoms with van der Waals surface area (Å²) in [6.45, 7) is 0. The molecule has 10 heteroatoms. The van der Waals surface area contributed by atoms with Crippen LogP contribution >= 0.6 is 23.2 Å². The highest BCUT2D eigenvalue weighted by molar-refractivity contribution is 6.43. The number of nitrogens with zero attached hydrogens (tertiary/aromatic N) is 3. The van der Waals surface area contributed by atoms with Gasteiger partial charge in [-0.2, -0.15) is 10.2 Å². The second-order valence-corrected chi connectivity index (χ2v) is 7.82. The van der Waals surface area contributed by atoms with Gasteiger partial charge in [0.1, 0.15) is 11.5 Å². The zero-order valence-corrected chi connectivity index (χ0v) is 18.9. The molecule has 0 atom stereocenters. The highest BCUT2D eigenvalue weighted by atomic mass is 35.5. The molecule has 1 aromatic heterocycles. The smallest absolute Gasteiger partial charge is 0.318 e. The largest absolute Gasteiger partial charge is 0.329 e. The average molecular weight is 496 g/mol. The Morgan fingerprint density at radius 1 is 0.941 bits per heavy atom. The molecule has 0 saturated heterocycles. The van der Waals surface area contributed by atoms with Crippen molar-refractivity contribution < 1.29 is 14.0 Å². The van der Waals surface area contributed by atoms with Crippen LogP contribution in [0.4, 0.5) is 10.1 Å². The molecule has 3 aromatic carbocycles. The molecule has 2 amide bonds. The summed E-state index contributed by atoms with van der Waals surface area (Å²) < 4.78 is 15.0. The monoisotopic (exact) mass is 495 g/mol. The van der Waals surface area contributed by atoms with E-state index in [4.69, 9.17) is 23.2 Å². The molecule has 0 aliphatic rings. The van der Waals surface area contributed by atoms with Gasteiger partial charge >= 0.3 is 11.8 Å². The lowest BCUT2D eigenvalue weighted by molar-refractivity contribution is -0.136. The Bertz CT molecular complexity index is 1370. The molecular weight excluding hydrogens is 480 g/mol. The quantitative estimate of drug-likeness (QED) is 0.230. The van der Waals surface area contributed by atoms with Gasteiger partial charge in [-0.05, 0) is 54.6 Å². The molecular formula is C24H16Cl2FN5O2. The summed E-state index contributed by atoms with van der Waals surface area (Å²) in [7, 11) is 0. The Labute approximate surface area is 203 Å². The molecule has 0 aliphatic heterocycles. The number of aromatic nitrogens is 2. The molecule has 0 spiro atoms. The fourth-order valence-electron chi connectivity index (χ4n) is 3.00. The number of anilines is 1. The maximum atomic E-state index is 13.4. The van der Waals surface area contributed by atoms with Gasteiger partial charge in [-0.15, -0.1) is 0 Å². The predicted molar refractivity (Wildman–Crippen MR) is 130 cm³/mol. The zero-order chi connectivity index (χ0) is 24.1. The third kappa shape index (κ3) is 5.48. The first-order valence-corrected chi connectivity index (χ1v) is 10.7. The molecule has 1 heterocycles. The summed E-state index contributed by atoms with van der Waals surface area (Å²) >= 11 is 11.8. The molecule has 4 aromatic rings. The van der Waals surface area contributed by atoms with Crippen molar-refractivity contribution in [1.29, 1.82) is 0 Å². The number of hydrazone groups is 1. The molecule has 0 unspecified atom stereocenters. The van der Waals surface area contributed by atoms with Gasteiger partial charge < -0.3 is 5.32 Å². The summed E-state index contributed by atoms with van der Waals surface area (Å²) in [6.07, 6.45) is 3.06. The Morgan fingerprint density at radius 2 is 1.68 bits per heavy atom. The second-order valence-electron chi connectivity index (χ2n) is 7.00. The van der Waals surface area contributed by atoms with Gasteiger partial charge in [0.25, 0.3) is 0 Å². The first-order chi connectivity index (χ1) is 16.4. The molecule has 0 fully saturated rings. The summed E-state index contributed by atoms with van der Waals surface area (Å²) in [5.41, 5.74) is 5.00.